The molecule has 124 valence electrons. The van der Waals surface area contributed by atoms with Crippen molar-refractivity contribution in [2.45, 2.75) is 26.8 Å². The number of aromatic nitrogens is 1. The molecule has 1 aromatic heterocycles. The summed E-state index contributed by atoms with van der Waals surface area (Å²) in [7, 11) is 0. The maximum absolute atomic E-state index is 11.4. The number of anilines is 1. The van der Waals surface area contributed by atoms with Crippen molar-refractivity contribution < 1.29 is 19.1 Å². The summed E-state index contributed by atoms with van der Waals surface area (Å²) in [5.74, 6) is -1.08. The van der Waals surface area contributed by atoms with Gasteiger partial charge in [0.25, 0.3) is 6.01 Å². The van der Waals surface area contributed by atoms with E-state index in [0.29, 0.717) is 41.9 Å². The maximum Gasteiger partial charge on any atom is 0.338 e. The van der Waals surface area contributed by atoms with E-state index in [-0.39, 0.29) is 17.0 Å². The standard InChI is InChI=1S/C16H19ClN2O4/c1-16(2,3)12-8-22-5-4-19(12)15-18-13-10(14(20)21)6-9(17)7-11(13)23-15/h6-7,12H,4-5,8H2,1-3H3,(H,20,21). The number of nitrogens with zero attached hydrogens (tertiary/aromatic N) is 2. The topological polar surface area (TPSA) is 75.8 Å². The fraction of sp³-hybridized carbons (Fsp3) is 0.500. The van der Waals surface area contributed by atoms with E-state index in [9.17, 15) is 9.90 Å². The number of benzene rings is 1. The highest BCUT2D eigenvalue weighted by atomic mass is 35.5. The molecule has 1 atom stereocenters. The minimum atomic E-state index is -1.08. The van der Waals surface area contributed by atoms with E-state index in [1.165, 1.54) is 6.07 Å². The molecule has 1 unspecified atom stereocenters. The van der Waals surface area contributed by atoms with Gasteiger partial charge >= 0.3 is 5.97 Å². The average molecular weight is 339 g/mol. The third-order valence-corrected chi connectivity index (χ3v) is 4.27. The van der Waals surface area contributed by atoms with Gasteiger partial charge in [0.2, 0.25) is 0 Å². The predicted octanol–water partition coefficient (Wildman–Crippen LogP) is 3.43. The molecule has 0 aliphatic carbocycles. The zero-order valence-electron chi connectivity index (χ0n) is 13.3. The number of morpholine rings is 1. The molecule has 2 heterocycles. The number of rotatable bonds is 2. The van der Waals surface area contributed by atoms with Gasteiger partial charge in [-0.1, -0.05) is 32.4 Å². The van der Waals surface area contributed by atoms with Crippen LogP contribution in [0.3, 0.4) is 0 Å². The van der Waals surface area contributed by atoms with E-state index in [2.05, 4.69) is 25.8 Å². The lowest BCUT2D eigenvalue weighted by Gasteiger charge is -2.42. The second kappa shape index (κ2) is 5.69. The SMILES string of the molecule is CC(C)(C)C1COCCN1c1nc2c(C(=O)O)cc(Cl)cc2o1. The molecule has 7 heteroatoms. The van der Waals surface area contributed by atoms with Crippen molar-refractivity contribution in [2.24, 2.45) is 5.41 Å². The molecule has 3 rings (SSSR count). The van der Waals surface area contributed by atoms with Crippen LogP contribution in [0.15, 0.2) is 16.5 Å². The van der Waals surface area contributed by atoms with Crippen LogP contribution in [0.1, 0.15) is 31.1 Å². The van der Waals surface area contributed by atoms with Crippen LogP contribution < -0.4 is 4.90 Å². The van der Waals surface area contributed by atoms with Crippen LogP contribution in [0, 0.1) is 5.41 Å². The van der Waals surface area contributed by atoms with Gasteiger partial charge in [-0.2, -0.15) is 4.98 Å². The van der Waals surface area contributed by atoms with E-state index >= 15 is 0 Å². The minimum absolute atomic E-state index is 0.0334. The third-order valence-electron chi connectivity index (χ3n) is 4.05. The molecule has 1 N–H and O–H groups in total. The van der Waals surface area contributed by atoms with Crippen LogP contribution in [-0.4, -0.2) is 41.9 Å². The first-order valence-electron chi connectivity index (χ1n) is 7.45. The third kappa shape index (κ3) is 3.01. The van der Waals surface area contributed by atoms with Crippen molar-refractivity contribution in [1.82, 2.24) is 4.98 Å². The Morgan fingerprint density at radius 2 is 2.17 bits per heavy atom. The molecule has 0 bridgehead atoms. The number of halogens is 1. The molecule has 0 amide bonds. The fourth-order valence-electron chi connectivity index (χ4n) is 2.82. The average Bonchev–Trinajstić information content (AvgIpc) is 2.88. The Morgan fingerprint density at radius 3 is 2.83 bits per heavy atom. The summed E-state index contributed by atoms with van der Waals surface area (Å²) in [6.45, 7) is 8.18. The van der Waals surface area contributed by atoms with Crippen molar-refractivity contribution in [3.8, 4) is 0 Å². The summed E-state index contributed by atoms with van der Waals surface area (Å²) < 4.78 is 11.4. The van der Waals surface area contributed by atoms with Gasteiger partial charge in [0.05, 0.1) is 24.8 Å². The molecule has 1 aliphatic heterocycles. The molecule has 1 aromatic carbocycles. The van der Waals surface area contributed by atoms with Gasteiger partial charge in [-0.3, -0.25) is 0 Å². The second-order valence-corrected chi connectivity index (χ2v) is 7.19. The second-order valence-electron chi connectivity index (χ2n) is 6.75. The summed E-state index contributed by atoms with van der Waals surface area (Å²) in [6.07, 6.45) is 0. The minimum Gasteiger partial charge on any atom is -0.478 e. The first-order chi connectivity index (χ1) is 10.8. The van der Waals surface area contributed by atoms with E-state index in [0.717, 1.165) is 0 Å². The number of hydrogen-bond acceptors (Lipinski definition) is 5. The van der Waals surface area contributed by atoms with Crippen molar-refractivity contribution in [3.63, 3.8) is 0 Å². The number of carboxylic acid groups (broad SMARTS) is 1. The number of aromatic carboxylic acids is 1. The maximum atomic E-state index is 11.4. The van der Waals surface area contributed by atoms with E-state index in [1.807, 2.05) is 4.90 Å². The van der Waals surface area contributed by atoms with Crippen molar-refractivity contribution >= 4 is 34.7 Å². The van der Waals surface area contributed by atoms with Crippen LogP contribution in [-0.2, 0) is 4.74 Å². The van der Waals surface area contributed by atoms with Crippen LogP contribution >= 0.6 is 11.6 Å². The van der Waals surface area contributed by atoms with Crippen molar-refractivity contribution in [2.75, 3.05) is 24.7 Å². The van der Waals surface area contributed by atoms with Gasteiger partial charge in [-0.25, -0.2) is 4.79 Å². The molecule has 0 saturated carbocycles. The van der Waals surface area contributed by atoms with Gasteiger partial charge in [-0.05, 0) is 11.5 Å². The fourth-order valence-corrected chi connectivity index (χ4v) is 3.03. The Labute approximate surface area is 139 Å². The predicted molar refractivity (Wildman–Crippen MR) is 87.4 cm³/mol. The molecule has 0 spiro atoms. The number of ether oxygens (including phenoxy) is 1. The summed E-state index contributed by atoms with van der Waals surface area (Å²) in [5, 5.41) is 9.65. The summed E-state index contributed by atoms with van der Waals surface area (Å²) in [4.78, 5) is 17.9. The van der Waals surface area contributed by atoms with Crippen LogP contribution in [0.4, 0.5) is 6.01 Å². The van der Waals surface area contributed by atoms with Gasteiger partial charge in [0.15, 0.2) is 5.58 Å². The van der Waals surface area contributed by atoms with Crippen molar-refractivity contribution in [1.29, 1.82) is 0 Å². The number of fused-ring (bicyclic) bond motifs is 1. The zero-order valence-corrected chi connectivity index (χ0v) is 14.1. The van der Waals surface area contributed by atoms with E-state index in [1.54, 1.807) is 6.07 Å². The van der Waals surface area contributed by atoms with Gasteiger partial charge in [-0.15, -0.1) is 0 Å². The first-order valence-corrected chi connectivity index (χ1v) is 7.83. The van der Waals surface area contributed by atoms with Gasteiger partial charge in [0.1, 0.15) is 5.52 Å². The van der Waals surface area contributed by atoms with E-state index in [4.69, 9.17) is 20.8 Å². The quantitative estimate of drug-likeness (QED) is 0.904. The highest BCUT2D eigenvalue weighted by Crippen LogP contribution is 2.34. The summed E-state index contributed by atoms with van der Waals surface area (Å²) >= 11 is 5.98. The molecule has 1 fully saturated rings. The Bertz CT molecular complexity index is 750. The highest BCUT2D eigenvalue weighted by Gasteiger charge is 2.36. The molecular formula is C16H19ClN2O4. The number of hydrogen-bond donors (Lipinski definition) is 1. The lowest BCUT2D eigenvalue weighted by Crippen LogP contribution is -2.52. The molecule has 1 saturated heterocycles. The Morgan fingerprint density at radius 1 is 1.43 bits per heavy atom. The van der Waals surface area contributed by atoms with Gasteiger partial charge < -0.3 is 19.2 Å². The van der Waals surface area contributed by atoms with Crippen molar-refractivity contribution in [3.05, 3.63) is 22.7 Å². The molecule has 6 nitrogen and oxygen atoms in total. The summed E-state index contributed by atoms with van der Waals surface area (Å²) in [6, 6.07) is 3.48. The van der Waals surface area contributed by atoms with Crippen LogP contribution in [0.2, 0.25) is 5.02 Å². The van der Waals surface area contributed by atoms with Crippen LogP contribution in [0.25, 0.3) is 11.1 Å². The Kier molecular flexibility index (Phi) is 3.98. The smallest absolute Gasteiger partial charge is 0.338 e. The number of oxazole rings is 1. The largest absolute Gasteiger partial charge is 0.478 e. The Hall–Kier alpha value is -1.79. The zero-order chi connectivity index (χ0) is 16.8. The Balaban J connectivity index is 2.09. The molecule has 2 aromatic rings. The van der Waals surface area contributed by atoms with E-state index < -0.39 is 5.97 Å². The normalized spacial score (nSPS) is 19.3. The first kappa shape index (κ1) is 16.1. The lowest BCUT2D eigenvalue weighted by molar-refractivity contribution is 0.0560. The lowest BCUT2D eigenvalue weighted by atomic mass is 9.85. The van der Waals surface area contributed by atoms with Crippen LogP contribution in [0.5, 0.6) is 0 Å². The molecule has 23 heavy (non-hydrogen) atoms. The number of carbonyl (C=O) groups is 1. The molecule has 1 aliphatic rings. The monoisotopic (exact) mass is 338 g/mol. The number of carboxylic acids is 1. The molecular weight excluding hydrogens is 320 g/mol. The summed E-state index contributed by atoms with van der Waals surface area (Å²) in [5.41, 5.74) is 0.706. The molecule has 0 radical (unpaired) electrons. The highest BCUT2D eigenvalue weighted by molar-refractivity contribution is 6.31. The van der Waals surface area contributed by atoms with Gasteiger partial charge in [0, 0.05) is 17.6 Å².